The van der Waals surface area contributed by atoms with E-state index < -0.39 is 0 Å². The lowest BCUT2D eigenvalue weighted by molar-refractivity contribution is -0.145. The number of carbonyl (C=O) groups excluding carboxylic acids is 2. The summed E-state index contributed by atoms with van der Waals surface area (Å²) in [4.78, 5) is 26.5. The fourth-order valence-corrected chi connectivity index (χ4v) is 3.89. The van der Waals surface area contributed by atoms with E-state index in [0.717, 1.165) is 17.7 Å². The molecule has 0 spiro atoms. The first-order valence-electron chi connectivity index (χ1n) is 7.48. The quantitative estimate of drug-likeness (QED) is 0.837. The Labute approximate surface area is 125 Å². The van der Waals surface area contributed by atoms with Crippen molar-refractivity contribution in [1.29, 1.82) is 0 Å². The monoisotopic (exact) mass is 287 g/mol. The Bertz CT molecular complexity index is 583. The number of hydrogen-bond acceptors (Lipinski definition) is 3. The molecule has 1 heterocycles. The fraction of sp³-hybridized carbons (Fsp3) is 0.529. The first-order valence-corrected chi connectivity index (χ1v) is 7.48. The van der Waals surface area contributed by atoms with E-state index in [1.807, 2.05) is 31.3 Å². The van der Waals surface area contributed by atoms with Gasteiger partial charge in [-0.25, -0.2) is 0 Å². The normalized spacial score (nSPS) is 29.2. The fourth-order valence-electron chi connectivity index (χ4n) is 3.89. The van der Waals surface area contributed by atoms with E-state index >= 15 is 0 Å². The zero-order chi connectivity index (χ0) is 15.0. The van der Waals surface area contributed by atoms with Crippen molar-refractivity contribution >= 4 is 11.7 Å². The van der Waals surface area contributed by atoms with Crippen LogP contribution in [0.15, 0.2) is 24.3 Å². The van der Waals surface area contributed by atoms with E-state index in [1.54, 1.807) is 12.0 Å². The second-order valence-electron chi connectivity index (χ2n) is 6.20. The largest absolute Gasteiger partial charge is 0.497 e. The van der Waals surface area contributed by atoms with Crippen molar-refractivity contribution < 1.29 is 14.3 Å². The number of methoxy groups -OCH3 is 1. The Hall–Kier alpha value is -1.84. The molecule has 1 aromatic rings. The third kappa shape index (κ3) is 2.23. The number of nitrogens with zero attached hydrogens (tertiary/aromatic N) is 1. The molecule has 0 N–H and O–H groups in total. The molecule has 4 nitrogen and oxygen atoms in total. The van der Waals surface area contributed by atoms with Crippen LogP contribution in [-0.2, 0) is 15.0 Å². The molecular formula is C17H21NO3. The summed E-state index contributed by atoms with van der Waals surface area (Å²) < 4.78 is 5.32. The van der Waals surface area contributed by atoms with Gasteiger partial charge in [-0.05, 0) is 30.5 Å². The van der Waals surface area contributed by atoms with E-state index in [2.05, 4.69) is 0 Å². The number of fused-ring (bicyclic) bond motifs is 1. The average Bonchev–Trinajstić information content (AvgIpc) is 2.51. The van der Waals surface area contributed by atoms with Gasteiger partial charge in [0.15, 0.2) is 0 Å². The number of piperidine rings is 1. The molecule has 4 heteroatoms. The maximum atomic E-state index is 12.6. The zero-order valence-electron chi connectivity index (χ0n) is 12.6. The Morgan fingerprint density at radius 1 is 1.33 bits per heavy atom. The number of ketones is 1. The first-order chi connectivity index (χ1) is 10.1. The molecule has 0 radical (unpaired) electrons. The second-order valence-corrected chi connectivity index (χ2v) is 6.20. The predicted molar refractivity (Wildman–Crippen MR) is 79.3 cm³/mol. The van der Waals surface area contributed by atoms with Crippen molar-refractivity contribution in [3.05, 3.63) is 29.8 Å². The van der Waals surface area contributed by atoms with Crippen molar-refractivity contribution in [2.45, 2.75) is 31.1 Å². The van der Waals surface area contributed by atoms with Crippen LogP contribution in [-0.4, -0.2) is 37.3 Å². The van der Waals surface area contributed by atoms with Gasteiger partial charge >= 0.3 is 0 Å². The van der Waals surface area contributed by atoms with E-state index in [-0.39, 0.29) is 23.0 Å². The van der Waals surface area contributed by atoms with Crippen LogP contribution in [0, 0.1) is 5.92 Å². The topological polar surface area (TPSA) is 46.6 Å². The summed E-state index contributed by atoms with van der Waals surface area (Å²) in [6.07, 6.45) is 2.51. The Kier molecular flexibility index (Phi) is 3.47. The third-order valence-corrected chi connectivity index (χ3v) is 5.10. The van der Waals surface area contributed by atoms with Crippen LogP contribution in [0.1, 0.15) is 31.2 Å². The smallest absolute Gasteiger partial charge is 0.226 e. The Balaban J connectivity index is 2.08. The van der Waals surface area contributed by atoms with Gasteiger partial charge in [-0.1, -0.05) is 12.1 Å². The van der Waals surface area contributed by atoms with Crippen molar-refractivity contribution in [3.8, 4) is 5.75 Å². The maximum Gasteiger partial charge on any atom is 0.226 e. The summed E-state index contributed by atoms with van der Waals surface area (Å²) in [6, 6.07) is 7.87. The molecule has 3 rings (SSSR count). The number of likely N-dealkylation sites (tertiary alicyclic amines) is 1. The van der Waals surface area contributed by atoms with E-state index in [0.29, 0.717) is 25.8 Å². The molecule has 1 saturated heterocycles. The number of rotatable bonds is 2. The Morgan fingerprint density at radius 3 is 2.90 bits per heavy atom. The van der Waals surface area contributed by atoms with Crippen LogP contribution in [0.5, 0.6) is 5.75 Å². The van der Waals surface area contributed by atoms with Gasteiger partial charge in [0.05, 0.1) is 7.11 Å². The molecule has 1 amide bonds. The molecule has 1 aliphatic carbocycles. The highest BCUT2D eigenvalue weighted by atomic mass is 16.5. The molecule has 0 aromatic heterocycles. The molecule has 1 aliphatic heterocycles. The molecule has 21 heavy (non-hydrogen) atoms. The molecular weight excluding hydrogens is 266 g/mol. The van der Waals surface area contributed by atoms with Crippen LogP contribution in [0.3, 0.4) is 0 Å². The summed E-state index contributed by atoms with van der Waals surface area (Å²) in [7, 11) is 3.49. The minimum atomic E-state index is -0.340. The van der Waals surface area contributed by atoms with E-state index in [4.69, 9.17) is 4.74 Å². The van der Waals surface area contributed by atoms with Crippen molar-refractivity contribution in [1.82, 2.24) is 4.90 Å². The van der Waals surface area contributed by atoms with E-state index in [9.17, 15) is 9.59 Å². The number of Topliss-reactive ketones (excluding diaryl/α,β-unsaturated/α-hetero) is 1. The van der Waals surface area contributed by atoms with Gasteiger partial charge in [-0.3, -0.25) is 9.59 Å². The molecule has 2 atom stereocenters. The number of benzene rings is 1. The number of carbonyl (C=O) groups is 2. The lowest BCUT2D eigenvalue weighted by Gasteiger charge is -2.48. The van der Waals surface area contributed by atoms with Crippen molar-refractivity contribution in [2.24, 2.45) is 5.92 Å². The average molecular weight is 287 g/mol. The first kappa shape index (κ1) is 14.1. The van der Waals surface area contributed by atoms with Gasteiger partial charge in [0.2, 0.25) is 5.91 Å². The Morgan fingerprint density at radius 2 is 2.14 bits per heavy atom. The number of amides is 1. The van der Waals surface area contributed by atoms with Crippen LogP contribution >= 0.6 is 0 Å². The number of ether oxygens (including phenoxy) is 1. The van der Waals surface area contributed by atoms with Crippen molar-refractivity contribution in [2.75, 3.05) is 20.7 Å². The summed E-state index contributed by atoms with van der Waals surface area (Å²) in [5, 5.41) is 0. The standard InChI is InChI=1S/C17H21NO3/c1-18-9-8-17(12-4-3-5-14(10-12)21-2)11-13(19)6-7-15(17)16(18)20/h3-5,10,15H,6-9,11H2,1-2H3/t15-,17+/m0/s1. The highest BCUT2D eigenvalue weighted by Crippen LogP contribution is 2.48. The van der Waals surface area contributed by atoms with Crippen LogP contribution in [0.4, 0.5) is 0 Å². The minimum absolute atomic E-state index is 0.0824. The molecule has 2 aliphatic rings. The maximum absolute atomic E-state index is 12.6. The zero-order valence-corrected chi connectivity index (χ0v) is 12.6. The minimum Gasteiger partial charge on any atom is -0.497 e. The van der Waals surface area contributed by atoms with Gasteiger partial charge in [0.1, 0.15) is 11.5 Å². The summed E-state index contributed by atoms with van der Waals surface area (Å²) >= 11 is 0. The summed E-state index contributed by atoms with van der Waals surface area (Å²) in [5.74, 6) is 1.15. The predicted octanol–water partition coefficient (Wildman–Crippen LogP) is 2.16. The van der Waals surface area contributed by atoms with Crippen molar-refractivity contribution in [3.63, 3.8) is 0 Å². The van der Waals surface area contributed by atoms with Gasteiger partial charge in [0.25, 0.3) is 0 Å². The molecule has 2 fully saturated rings. The lowest BCUT2D eigenvalue weighted by Crippen LogP contribution is -2.55. The molecule has 0 bridgehead atoms. The third-order valence-electron chi connectivity index (χ3n) is 5.10. The SMILES string of the molecule is COc1cccc([C@]23CCN(C)C(=O)[C@@H]2CCC(=O)C3)c1. The van der Waals surface area contributed by atoms with Gasteiger partial charge in [-0.15, -0.1) is 0 Å². The lowest BCUT2D eigenvalue weighted by atomic mass is 9.58. The molecule has 112 valence electrons. The van der Waals surface area contributed by atoms with Crippen LogP contribution in [0.2, 0.25) is 0 Å². The van der Waals surface area contributed by atoms with Gasteiger partial charge in [-0.2, -0.15) is 0 Å². The number of hydrogen-bond donors (Lipinski definition) is 0. The highest BCUT2D eigenvalue weighted by Gasteiger charge is 2.51. The summed E-state index contributed by atoms with van der Waals surface area (Å²) in [6.45, 7) is 0.708. The van der Waals surface area contributed by atoms with Crippen LogP contribution < -0.4 is 4.74 Å². The molecule has 1 saturated carbocycles. The van der Waals surface area contributed by atoms with Gasteiger partial charge < -0.3 is 9.64 Å². The summed E-state index contributed by atoms with van der Waals surface area (Å²) in [5.41, 5.74) is 0.731. The molecule has 0 unspecified atom stereocenters. The highest BCUT2D eigenvalue weighted by molar-refractivity contribution is 5.88. The molecule has 1 aromatic carbocycles. The van der Waals surface area contributed by atoms with Crippen LogP contribution in [0.25, 0.3) is 0 Å². The van der Waals surface area contributed by atoms with Gasteiger partial charge in [0, 0.05) is 37.8 Å². The second kappa shape index (κ2) is 5.17. The van der Waals surface area contributed by atoms with E-state index in [1.165, 1.54) is 0 Å².